The monoisotopic (exact) mass is 255 g/mol. The zero-order chi connectivity index (χ0) is 13.1. The van der Waals surface area contributed by atoms with Gasteiger partial charge in [0.15, 0.2) is 0 Å². The Morgan fingerprint density at radius 1 is 0.833 bits per heavy atom. The summed E-state index contributed by atoms with van der Waals surface area (Å²) in [6.07, 6.45) is 0. The second-order valence-corrected chi connectivity index (χ2v) is 3.69. The van der Waals surface area contributed by atoms with E-state index in [0.29, 0.717) is 6.07 Å². The van der Waals surface area contributed by atoms with E-state index in [0.717, 1.165) is 18.2 Å². The van der Waals surface area contributed by atoms with Crippen LogP contribution in [-0.2, 0) is 6.54 Å². The minimum atomic E-state index is -0.766. The Morgan fingerprint density at radius 3 is 2.11 bits per heavy atom. The summed E-state index contributed by atoms with van der Waals surface area (Å²) in [5.41, 5.74) is -0.208. The summed E-state index contributed by atoms with van der Waals surface area (Å²) in [6, 6.07) is 6.43. The van der Waals surface area contributed by atoms with E-state index in [9.17, 15) is 17.6 Å². The molecule has 0 aromatic heterocycles. The van der Waals surface area contributed by atoms with Crippen molar-refractivity contribution in [1.29, 1.82) is 0 Å². The van der Waals surface area contributed by atoms with E-state index in [4.69, 9.17) is 0 Å². The minimum Gasteiger partial charge on any atom is -0.376 e. The van der Waals surface area contributed by atoms with Crippen LogP contribution < -0.4 is 5.32 Å². The fraction of sp³-hybridized carbons (Fsp3) is 0.0769. The second-order valence-electron chi connectivity index (χ2n) is 3.69. The normalized spacial score (nSPS) is 10.4. The van der Waals surface area contributed by atoms with Gasteiger partial charge in [-0.05, 0) is 18.2 Å². The first-order chi connectivity index (χ1) is 8.58. The molecule has 0 spiro atoms. The van der Waals surface area contributed by atoms with Crippen LogP contribution in [0.1, 0.15) is 5.56 Å². The Labute approximate surface area is 101 Å². The maximum absolute atomic E-state index is 13.3. The van der Waals surface area contributed by atoms with E-state index in [1.165, 1.54) is 12.1 Å². The first-order valence-electron chi connectivity index (χ1n) is 5.20. The van der Waals surface area contributed by atoms with Crippen LogP contribution in [0.25, 0.3) is 0 Å². The van der Waals surface area contributed by atoms with Crippen molar-refractivity contribution in [3.8, 4) is 0 Å². The van der Waals surface area contributed by atoms with Gasteiger partial charge in [0.1, 0.15) is 29.0 Å². The Bertz CT molecular complexity index is 549. The third-order valence-electron chi connectivity index (χ3n) is 2.43. The molecular weight excluding hydrogens is 246 g/mol. The number of para-hydroxylation sites is 1. The van der Waals surface area contributed by atoms with Crippen molar-refractivity contribution in [2.24, 2.45) is 0 Å². The van der Waals surface area contributed by atoms with Crippen LogP contribution in [0.3, 0.4) is 0 Å². The zero-order valence-corrected chi connectivity index (χ0v) is 9.18. The van der Waals surface area contributed by atoms with E-state index in [-0.39, 0.29) is 17.8 Å². The lowest BCUT2D eigenvalue weighted by Gasteiger charge is -2.09. The molecule has 0 aliphatic rings. The number of hydrogen-bond donors (Lipinski definition) is 1. The Balaban J connectivity index is 2.16. The van der Waals surface area contributed by atoms with Gasteiger partial charge < -0.3 is 5.32 Å². The predicted molar refractivity (Wildman–Crippen MR) is 60.0 cm³/mol. The van der Waals surface area contributed by atoms with Crippen molar-refractivity contribution >= 4 is 5.69 Å². The van der Waals surface area contributed by atoms with Crippen molar-refractivity contribution in [3.63, 3.8) is 0 Å². The molecule has 0 unspecified atom stereocenters. The number of benzene rings is 2. The molecule has 0 aliphatic heterocycles. The van der Waals surface area contributed by atoms with E-state index in [1.54, 1.807) is 0 Å². The van der Waals surface area contributed by atoms with Crippen molar-refractivity contribution in [1.82, 2.24) is 0 Å². The molecule has 1 nitrogen and oxygen atoms in total. The smallest absolute Gasteiger partial charge is 0.149 e. The number of anilines is 1. The highest BCUT2D eigenvalue weighted by Crippen LogP contribution is 2.19. The summed E-state index contributed by atoms with van der Waals surface area (Å²) < 4.78 is 52.5. The van der Waals surface area contributed by atoms with Crippen molar-refractivity contribution < 1.29 is 17.6 Å². The number of rotatable bonds is 3. The lowest BCUT2D eigenvalue weighted by Crippen LogP contribution is -2.05. The SMILES string of the molecule is Fc1ccc(CNc2c(F)cccc2F)c(F)c1. The molecule has 2 aromatic carbocycles. The Hall–Kier alpha value is -2.04. The highest BCUT2D eigenvalue weighted by Gasteiger charge is 2.09. The molecule has 0 aliphatic carbocycles. The van der Waals surface area contributed by atoms with Crippen LogP contribution >= 0.6 is 0 Å². The molecule has 0 heterocycles. The van der Waals surface area contributed by atoms with Crippen LogP contribution in [0, 0.1) is 23.3 Å². The molecule has 0 radical (unpaired) electrons. The van der Waals surface area contributed by atoms with E-state index in [2.05, 4.69) is 5.32 Å². The lowest BCUT2D eigenvalue weighted by atomic mass is 10.2. The third kappa shape index (κ3) is 2.61. The van der Waals surface area contributed by atoms with Crippen molar-refractivity contribution in [2.45, 2.75) is 6.54 Å². The number of halogens is 4. The molecule has 0 saturated carbocycles. The minimum absolute atomic E-state index is 0.124. The van der Waals surface area contributed by atoms with Gasteiger partial charge in [-0.1, -0.05) is 12.1 Å². The average molecular weight is 255 g/mol. The van der Waals surface area contributed by atoms with Gasteiger partial charge in [-0.2, -0.15) is 0 Å². The number of hydrogen-bond acceptors (Lipinski definition) is 1. The van der Waals surface area contributed by atoms with Gasteiger partial charge in [0.05, 0.1) is 0 Å². The number of nitrogens with one attached hydrogen (secondary N) is 1. The maximum Gasteiger partial charge on any atom is 0.149 e. The second kappa shape index (κ2) is 5.08. The fourth-order valence-corrected chi connectivity index (χ4v) is 1.52. The van der Waals surface area contributed by atoms with Gasteiger partial charge in [0.2, 0.25) is 0 Å². The molecular formula is C13H9F4N. The predicted octanol–water partition coefficient (Wildman–Crippen LogP) is 3.86. The van der Waals surface area contributed by atoms with Gasteiger partial charge in [-0.25, -0.2) is 17.6 Å². The fourth-order valence-electron chi connectivity index (χ4n) is 1.52. The van der Waals surface area contributed by atoms with Crippen LogP contribution in [0.2, 0.25) is 0 Å². The molecule has 2 aromatic rings. The zero-order valence-electron chi connectivity index (χ0n) is 9.18. The van der Waals surface area contributed by atoms with Crippen LogP contribution in [0.15, 0.2) is 36.4 Å². The molecule has 0 amide bonds. The summed E-state index contributed by atoms with van der Waals surface area (Å²) >= 11 is 0. The molecule has 94 valence electrons. The molecule has 18 heavy (non-hydrogen) atoms. The molecule has 1 N–H and O–H groups in total. The highest BCUT2D eigenvalue weighted by molar-refractivity contribution is 5.46. The molecule has 0 saturated heterocycles. The quantitative estimate of drug-likeness (QED) is 0.821. The average Bonchev–Trinajstić information content (AvgIpc) is 2.31. The molecule has 2 rings (SSSR count). The summed E-state index contributed by atoms with van der Waals surface area (Å²) in [6.45, 7) is -0.135. The van der Waals surface area contributed by atoms with Gasteiger partial charge >= 0.3 is 0 Å². The van der Waals surface area contributed by atoms with E-state index >= 15 is 0 Å². The summed E-state index contributed by atoms with van der Waals surface area (Å²) in [4.78, 5) is 0. The van der Waals surface area contributed by atoms with Gasteiger partial charge in [0, 0.05) is 18.2 Å². The van der Waals surface area contributed by atoms with Crippen LogP contribution in [0.5, 0.6) is 0 Å². The summed E-state index contributed by atoms with van der Waals surface area (Å²) in [5, 5.41) is 2.45. The Kier molecular flexibility index (Phi) is 3.50. The highest BCUT2D eigenvalue weighted by atomic mass is 19.1. The molecule has 5 heteroatoms. The van der Waals surface area contributed by atoms with E-state index < -0.39 is 23.3 Å². The molecule has 0 atom stereocenters. The summed E-state index contributed by atoms with van der Waals surface area (Å²) in [5.74, 6) is -3.00. The third-order valence-corrected chi connectivity index (χ3v) is 2.43. The maximum atomic E-state index is 13.3. The molecule has 0 fully saturated rings. The first-order valence-corrected chi connectivity index (χ1v) is 5.20. The van der Waals surface area contributed by atoms with Crippen molar-refractivity contribution in [2.75, 3.05) is 5.32 Å². The van der Waals surface area contributed by atoms with Gasteiger partial charge in [-0.3, -0.25) is 0 Å². The van der Waals surface area contributed by atoms with Gasteiger partial charge in [-0.15, -0.1) is 0 Å². The summed E-state index contributed by atoms with van der Waals surface area (Å²) in [7, 11) is 0. The largest absolute Gasteiger partial charge is 0.376 e. The van der Waals surface area contributed by atoms with E-state index in [1.807, 2.05) is 0 Å². The topological polar surface area (TPSA) is 12.0 Å². The standard InChI is InChI=1S/C13H9F4N/c14-9-5-4-8(12(17)6-9)7-18-13-10(15)2-1-3-11(13)16/h1-6,18H,7H2. The first kappa shape index (κ1) is 12.4. The lowest BCUT2D eigenvalue weighted by molar-refractivity contribution is 0.570. The van der Waals surface area contributed by atoms with Crippen LogP contribution in [0.4, 0.5) is 23.2 Å². The van der Waals surface area contributed by atoms with Crippen molar-refractivity contribution in [3.05, 3.63) is 65.2 Å². The van der Waals surface area contributed by atoms with Crippen LogP contribution in [-0.4, -0.2) is 0 Å². The molecule has 0 bridgehead atoms. The van der Waals surface area contributed by atoms with Gasteiger partial charge in [0.25, 0.3) is 0 Å². The Morgan fingerprint density at radius 2 is 1.50 bits per heavy atom.